The van der Waals surface area contributed by atoms with Crippen molar-refractivity contribution in [2.24, 2.45) is 0 Å². The van der Waals surface area contributed by atoms with Crippen LogP contribution in [0.4, 0.5) is 11.5 Å². The highest BCUT2D eigenvalue weighted by Crippen LogP contribution is 2.22. The number of anilines is 1. The van der Waals surface area contributed by atoms with Gasteiger partial charge >= 0.3 is 5.69 Å². The molecule has 0 saturated heterocycles. The smallest absolute Gasteiger partial charge is 0.312 e. The Morgan fingerprint density at radius 1 is 1.61 bits per heavy atom. The minimum atomic E-state index is -0.550. The zero-order valence-corrected chi connectivity index (χ0v) is 10.0. The molecule has 0 radical (unpaired) electrons. The number of hydrogen-bond donors (Lipinski definition) is 1. The molecule has 18 heavy (non-hydrogen) atoms. The highest BCUT2D eigenvalue weighted by Gasteiger charge is 2.15. The van der Waals surface area contributed by atoms with Crippen molar-refractivity contribution < 1.29 is 9.66 Å². The third kappa shape index (κ3) is 3.99. The van der Waals surface area contributed by atoms with Crippen molar-refractivity contribution in [3.05, 3.63) is 27.9 Å². The van der Waals surface area contributed by atoms with Gasteiger partial charge in [0, 0.05) is 32.5 Å². The maximum absolute atomic E-state index is 10.8. The van der Waals surface area contributed by atoms with Crippen LogP contribution in [0.5, 0.6) is 0 Å². The molecule has 96 valence electrons. The third-order valence-electron chi connectivity index (χ3n) is 2.26. The van der Waals surface area contributed by atoms with Crippen molar-refractivity contribution in [3.8, 4) is 6.07 Å². The minimum absolute atomic E-state index is 0.173. The molecule has 0 spiro atoms. The number of rotatable bonds is 7. The summed E-state index contributed by atoms with van der Waals surface area (Å²) in [5.74, 6) is 0.191. The van der Waals surface area contributed by atoms with Crippen LogP contribution in [0.2, 0.25) is 0 Å². The SMILES string of the molecule is COCCCCNc1ncc(C#N)cc1[N+](=O)[O-]. The number of nitro groups is 1. The molecule has 0 aromatic carbocycles. The fraction of sp³-hybridized carbons (Fsp3) is 0.455. The molecule has 0 aliphatic rings. The molecule has 1 aromatic rings. The van der Waals surface area contributed by atoms with Crippen LogP contribution in [0.15, 0.2) is 12.3 Å². The Balaban J connectivity index is 2.65. The van der Waals surface area contributed by atoms with E-state index >= 15 is 0 Å². The molecule has 7 nitrogen and oxygen atoms in total. The second-order valence-electron chi connectivity index (χ2n) is 3.59. The molecule has 1 N–H and O–H groups in total. The van der Waals surface area contributed by atoms with Gasteiger partial charge in [-0.15, -0.1) is 0 Å². The lowest BCUT2D eigenvalue weighted by atomic mass is 10.2. The van der Waals surface area contributed by atoms with E-state index in [1.165, 1.54) is 12.3 Å². The fourth-order valence-electron chi connectivity index (χ4n) is 1.37. The third-order valence-corrected chi connectivity index (χ3v) is 2.26. The van der Waals surface area contributed by atoms with Gasteiger partial charge in [-0.1, -0.05) is 0 Å². The second kappa shape index (κ2) is 7.19. The second-order valence-corrected chi connectivity index (χ2v) is 3.59. The molecule has 0 aliphatic carbocycles. The molecular formula is C11H14N4O3. The first-order chi connectivity index (χ1) is 8.69. The lowest BCUT2D eigenvalue weighted by Crippen LogP contribution is -2.07. The van der Waals surface area contributed by atoms with Crippen LogP contribution in [0, 0.1) is 21.4 Å². The van der Waals surface area contributed by atoms with Gasteiger partial charge in [-0.05, 0) is 12.8 Å². The summed E-state index contributed by atoms with van der Waals surface area (Å²) in [6.07, 6.45) is 3.00. The molecule has 0 saturated carbocycles. The molecule has 0 unspecified atom stereocenters. The van der Waals surface area contributed by atoms with Crippen LogP contribution in [-0.2, 0) is 4.74 Å². The van der Waals surface area contributed by atoms with E-state index in [1.807, 2.05) is 6.07 Å². The number of hydrogen-bond acceptors (Lipinski definition) is 6. The maximum Gasteiger partial charge on any atom is 0.312 e. The van der Waals surface area contributed by atoms with Gasteiger partial charge in [0.2, 0.25) is 5.82 Å². The molecular weight excluding hydrogens is 236 g/mol. The maximum atomic E-state index is 10.8. The van der Waals surface area contributed by atoms with E-state index < -0.39 is 4.92 Å². The molecule has 7 heteroatoms. The summed E-state index contributed by atoms with van der Waals surface area (Å²) < 4.78 is 4.90. The van der Waals surface area contributed by atoms with Crippen LogP contribution in [-0.4, -0.2) is 30.2 Å². The number of nitrogens with zero attached hydrogens (tertiary/aromatic N) is 3. The van der Waals surface area contributed by atoms with Crippen molar-refractivity contribution in [2.45, 2.75) is 12.8 Å². The summed E-state index contributed by atoms with van der Waals surface area (Å²) in [6.45, 7) is 1.23. The Hall–Kier alpha value is -2.20. The van der Waals surface area contributed by atoms with Gasteiger partial charge in [-0.3, -0.25) is 10.1 Å². The Kier molecular flexibility index (Phi) is 5.54. The van der Waals surface area contributed by atoms with Gasteiger partial charge in [0.15, 0.2) is 0 Å². The number of pyridine rings is 1. The number of ether oxygens (including phenoxy) is 1. The van der Waals surface area contributed by atoms with Crippen molar-refractivity contribution >= 4 is 11.5 Å². The van der Waals surface area contributed by atoms with Gasteiger partial charge in [0.25, 0.3) is 0 Å². The van der Waals surface area contributed by atoms with Gasteiger partial charge in [-0.25, -0.2) is 4.98 Å². The van der Waals surface area contributed by atoms with Crippen LogP contribution < -0.4 is 5.32 Å². The van der Waals surface area contributed by atoms with Crippen LogP contribution in [0.3, 0.4) is 0 Å². The highest BCUT2D eigenvalue weighted by molar-refractivity contribution is 5.58. The van der Waals surface area contributed by atoms with Crippen molar-refractivity contribution in [1.29, 1.82) is 5.26 Å². The topological polar surface area (TPSA) is 101 Å². The van der Waals surface area contributed by atoms with Crippen molar-refractivity contribution in [1.82, 2.24) is 4.98 Å². The lowest BCUT2D eigenvalue weighted by molar-refractivity contribution is -0.384. The van der Waals surface area contributed by atoms with Gasteiger partial charge in [0.1, 0.15) is 6.07 Å². The molecule has 0 aliphatic heterocycles. The van der Waals surface area contributed by atoms with Crippen molar-refractivity contribution in [3.63, 3.8) is 0 Å². The first-order valence-electron chi connectivity index (χ1n) is 5.46. The van der Waals surface area contributed by atoms with E-state index in [1.54, 1.807) is 7.11 Å². The Morgan fingerprint density at radius 3 is 3.00 bits per heavy atom. The van der Waals surface area contributed by atoms with Crippen molar-refractivity contribution in [2.75, 3.05) is 25.6 Å². The van der Waals surface area contributed by atoms with E-state index in [9.17, 15) is 10.1 Å². The summed E-state index contributed by atoms with van der Waals surface area (Å²) in [5, 5.41) is 22.4. The molecule has 1 rings (SSSR count). The molecule has 0 bridgehead atoms. The van der Waals surface area contributed by atoms with E-state index in [4.69, 9.17) is 10.00 Å². The zero-order valence-electron chi connectivity index (χ0n) is 10.0. The largest absolute Gasteiger partial charge is 0.385 e. The Labute approximate surface area is 105 Å². The zero-order chi connectivity index (χ0) is 13.4. The van der Waals surface area contributed by atoms with E-state index in [2.05, 4.69) is 10.3 Å². The monoisotopic (exact) mass is 250 g/mol. The lowest BCUT2D eigenvalue weighted by Gasteiger charge is -2.05. The predicted octanol–water partition coefficient (Wildman–Crippen LogP) is 1.70. The predicted molar refractivity (Wildman–Crippen MR) is 65.2 cm³/mol. The number of methoxy groups -OCH3 is 1. The average Bonchev–Trinajstić information content (AvgIpc) is 2.38. The molecule has 0 atom stereocenters. The van der Waals surface area contributed by atoms with Crippen LogP contribution in [0.1, 0.15) is 18.4 Å². The van der Waals surface area contributed by atoms with Gasteiger partial charge in [0.05, 0.1) is 10.5 Å². The molecule has 0 fully saturated rings. The van der Waals surface area contributed by atoms with Gasteiger partial charge < -0.3 is 10.1 Å². The average molecular weight is 250 g/mol. The van der Waals surface area contributed by atoms with E-state index in [0.29, 0.717) is 13.2 Å². The Bertz CT molecular complexity index is 456. The molecule has 1 heterocycles. The standard InChI is InChI=1S/C11H14N4O3/c1-18-5-3-2-4-13-11-10(15(16)17)6-9(7-12)8-14-11/h6,8H,2-5H2,1H3,(H,13,14). The van der Waals surface area contributed by atoms with Crippen LogP contribution in [0.25, 0.3) is 0 Å². The first kappa shape index (κ1) is 13.9. The normalized spacial score (nSPS) is 9.78. The number of nitriles is 1. The number of nitrogens with one attached hydrogen (secondary N) is 1. The summed E-state index contributed by atoms with van der Waals surface area (Å²) in [5.41, 5.74) is -0.00701. The number of aromatic nitrogens is 1. The highest BCUT2D eigenvalue weighted by atomic mass is 16.6. The van der Waals surface area contributed by atoms with Gasteiger partial charge in [-0.2, -0.15) is 5.26 Å². The summed E-state index contributed by atoms with van der Waals surface area (Å²) in [6, 6.07) is 3.03. The van der Waals surface area contributed by atoms with E-state index in [0.717, 1.165) is 12.8 Å². The molecule has 1 aromatic heterocycles. The quantitative estimate of drug-likeness (QED) is 0.449. The summed E-state index contributed by atoms with van der Waals surface area (Å²) in [4.78, 5) is 14.2. The van der Waals surface area contributed by atoms with E-state index in [-0.39, 0.29) is 17.1 Å². The Morgan fingerprint density at radius 2 is 2.39 bits per heavy atom. The minimum Gasteiger partial charge on any atom is -0.385 e. The molecule has 0 amide bonds. The van der Waals surface area contributed by atoms with Crippen LogP contribution >= 0.6 is 0 Å². The number of unbranched alkanes of at least 4 members (excludes halogenated alkanes) is 1. The summed E-state index contributed by atoms with van der Waals surface area (Å²) in [7, 11) is 1.63. The first-order valence-corrected chi connectivity index (χ1v) is 5.46. The fourth-order valence-corrected chi connectivity index (χ4v) is 1.37. The summed E-state index contributed by atoms with van der Waals surface area (Å²) >= 11 is 0.